The molecule has 0 radical (unpaired) electrons. The molecular weight excluding hydrogens is 263 g/mol. The van der Waals surface area contributed by atoms with Crippen molar-refractivity contribution in [1.29, 1.82) is 0 Å². The number of hydrogen-bond acceptors (Lipinski definition) is 3. The van der Waals surface area contributed by atoms with Crippen LogP contribution < -0.4 is 10.6 Å². The van der Waals surface area contributed by atoms with Gasteiger partial charge in [0.05, 0.1) is 16.8 Å². The van der Waals surface area contributed by atoms with Gasteiger partial charge in [-0.05, 0) is 50.9 Å². The van der Waals surface area contributed by atoms with Crippen LogP contribution in [-0.4, -0.2) is 29.1 Å². The number of aromatic carboxylic acids is 1. The molecule has 1 aromatic carbocycles. The van der Waals surface area contributed by atoms with Gasteiger partial charge in [0.15, 0.2) is 0 Å². The van der Waals surface area contributed by atoms with E-state index < -0.39 is 17.3 Å². The fourth-order valence-electron chi connectivity index (χ4n) is 2.32. The molecule has 1 unspecified atom stereocenters. The highest BCUT2D eigenvalue weighted by atomic mass is 19.1. The van der Waals surface area contributed by atoms with E-state index in [4.69, 9.17) is 5.11 Å². The lowest BCUT2D eigenvalue weighted by Crippen LogP contribution is -2.54. The summed E-state index contributed by atoms with van der Waals surface area (Å²) in [7, 11) is 0. The third-order valence-corrected chi connectivity index (χ3v) is 3.58. The fourth-order valence-corrected chi connectivity index (χ4v) is 2.32. The van der Waals surface area contributed by atoms with E-state index in [0.717, 1.165) is 37.6 Å². The molecule has 1 aromatic rings. The number of halogens is 1. The van der Waals surface area contributed by atoms with Gasteiger partial charge in [0.1, 0.15) is 5.82 Å². The maximum atomic E-state index is 13.2. The van der Waals surface area contributed by atoms with Gasteiger partial charge < -0.3 is 15.7 Å². The topological polar surface area (TPSA) is 78.4 Å². The van der Waals surface area contributed by atoms with Crippen molar-refractivity contribution in [2.75, 3.05) is 11.9 Å². The van der Waals surface area contributed by atoms with E-state index in [0.29, 0.717) is 6.42 Å². The maximum absolute atomic E-state index is 13.2. The standard InChI is InChI=1S/C14H17FN2O3/c1-14(6-2-3-7-16-14)13(20)17-11-8-9(15)4-5-10(11)12(18)19/h4-5,8,16H,2-3,6-7H2,1H3,(H,17,20)(H,18,19). The van der Waals surface area contributed by atoms with E-state index in [1.807, 2.05) is 0 Å². The molecule has 1 heterocycles. The summed E-state index contributed by atoms with van der Waals surface area (Å²) >= 11 is 0. The van der Waals surface area contributed by atoms with Crippen molar-refractivity contribution < 1.29 is 19.1 Å². The second kappa shape index (κ2) is 5.58. The summed E-state index contributed by atoms with van der Waals surface area (Å²) in [5, 5.41) is 14.7. The quantitative estimate of drug-likeness (QED) is 0.791. The van der Waals surface area contributed by atoms with Crippen LogP contribution in [0, 0.1) is 5.82 Å². The van der Waals surface area contributed by atoms with Crippen LogP contribution in [-0.2, 0) is 4.79 Å². The van der Waals surface area contributed by atoms with E-state index in [1.165, 1.54) is 0 Å². The van der Waals surface area contributed by atoms with Crippen molar-refractivity contribution in [3.05, 3.63) is 29.6 Å². The first-order valence-corrected chi connectivity index (χ1v) is 6.52. The van der Waals surface area contributed by atoms with Crippen molar-refractivity contribution in [3.8, 4) is 0 Å². The minimum absolute atomic E-state index is 0.0175. The summed E-state index contributed by atoms with van der Waals surface area (Å²) in [6, 6.07) is 3.22. The Kier molecular flexibility index (Phi) is 4.04. The predicted octanol–water partition coefficient (Wildman–Crippen LogP) is 1.99. The van der Waals surface area contributed by atoms with Gasteiger partial charge in [-0.25, -0.2) is 9.18 Å². The Labute approximate surface area is 116 Å². The SMILES string of the molecule is CC1(C(=O)Nc2cc(F)ccc2C(=O)O)CCCCN1. The zero-order chi connectivity index (χ0) is 14.8. The number of amides is 1. The molecule has 1 amide bonds. The Morgan fingerprint density at radius 2 is 2.15 bits per heavy atom. The van der Waals surface area contributed by atoms with Gasteiger partial charge in [0.25, 0.3) is 0 Å². The number of benzene rings is 1. The van der Waals surface area contributed by atoms with E-state index in [-0.39, 0.29) is 17.2 Å². The van der Waals surface area contributed by atoms with Gasteiger partial charge in [-0.3, -0.25) is 4.79 Å². The molecule has 0 saturated carbocycles. The van der Waals surface area contributed by atoms with Gasteiger partial charge in [0, 0.05) is 0 Å². The zero-order valence-electron chi connectivity index (χ0n) is 11.2. The monoisotopic (exact) mass is 280 g/mol. The summed E-state index contributed by atoms with van der Waals surface area (Å²) in [5.74, 6) is -2.14. The Balaban J connectivity index is 2.23. The lowest BCUT2D eigenvalue weighted by molar-refractivity contribution is -0.122. The zero-order valence-corrected chi connectivity index (χ0v) is 11.2. The molecule has 6 heteroatoms. The highest BCUT2D eigenvalue weighted by molar-refractivity contribution is 6.03. The highest BCUT2D eigenvalue weighted by Crippen LogP contribution is 2.23. The molecule has 5 nitrogen and oxygen atoms in total. The first-order chi connectivity index (χ1) is 9.42. The van der Waals surface area contributed by atoms with Crippen LogP contribution in [0.15, 0.2) is 18.2 Å². The Morgan fingerprint density at radius 3 is 2.75 bits per heavy atom. The maximum Gasteiger partial charge on any atom is 0.337 e. The molecule has 1 aliphatic heterocycles. The Bertz CT molecular complexity index is 539. The number of carboxylic acids is 1. The lowest BCUT2D eigenvalue weighted by Gasteiger charge is -2.33. The molecular formula is C14H17FN2O3. The van der Waals surface area contributed by atoms with Crippen molar-refractivity contribution in [2.24, 2.45) is 0 Å². The van der Waals surface area contributed by atoms with Crippen molar-refractivity contribution >= 4 is 17.6 Å². The van der Waals surface area contributed by atoms with Crippen LogP contribution in [0.5, 0.6) is 0 Å². The second-order valence-corrected chi connectivity index (χ2v) is 5.17. The molecule has 1 atom stereocenters. The highest BCUT2D eigenvalue weighted by Gasteiger charge is 2.34. The third-order valence-electron chi connectivity index (χ3n) is 3.58. The third kappa shape index (κ3) is 2.96. The average Bonchev–Trinajstić information content (AvgIpc) is 2.39. The van der Waals surface area contributed by atoms with Gasteiger partial charge in [-0.15, -0.1) is 0 Å². The van der Waals surface area contributed by atoms with Gasteiger partial charge >= 0.3 is 5.97 Å². The fraction of sp³-hybridized carbons (Fsp3) is 0.429. The van der Waals surface area contributed by atoms with E-state index in [2.05, 4.69) is 10.6 Å². The van der Waals surface area contributed by atoms with Crippen molar-refractivity contribution in [1.82, 2.24) is 5.32 Å². The van der Waals surface area contributed by atoms with Crippen LogP contribution in [0.1, 0.15) is 36.5 Å². The van der Waals surface area contributed by atoms with Gasteiger partial charge in [-0.1, -0.05) is 0 Å². The number of piperidine rings is 1. The summed E-state index contributed by atoms with van der Waals surface area (Å²) in [5.41, 5.74) is -0.893. The van der Waals surface area contributed by atoms with E-state index >= 15 is 0 Å². The minimum Gasteiger partial charge on any atom is -0.478 e. The largest absolute Gasteiger partial charge is 0.478 e. The predicted molar refractivity (Wildman–Crippen MR) is 72.2 cm³/mol. The minimum atomic E-state index is -1.21. The number of anilines is 1. The number of nitrogens with one attached hydrogen (secondary N) is 2. The molecule has 108 valence electrons. The van der Waals surface area contributed by atoms with Crippen LogP contribution in [0.2, 0.25) is 0 Å². The first kappa shape index (κ1) is 14.5. The smallest absolute Gasteiger partial charge is 0.337 e. The van der Waals surface area contributed by atoms with Crippen molar-refractivity contribution in [2.45, 2.75) is 31.7 Å². The lowest BCUT2D eigenvalue weighted by atomic mass is 9.90. The normalized spacial score (nSPS) is 22.3. The molecule has 0 spiro atoms. The van der Waals surface area contributed by atoms with Gasteiger partial charge in [0.2, 0.25) is 5.91 Å². The van der Waals surface area contributed by atoms with Gasteiger partial charge in [-0.2, -0.15) is 0 Å². The summed E-state index contributed by atoms with van der Waals surface area (Å²) in [6.07, 6.45) is 2.59. The molecule has 1 aliphatic rings. The molecule has 3 N–H and O–H groups in total. The van der Waals surface area contributed by atoms with Crippen LogP contribution in [0.25, 0.3) is 0 Å². The number of carbonyl (C=O) groups excluding carboxylic acids is 1. The average molecular weight is 280 g/mol. The number of carboxylic acid groups (broad SMARTS) is 1. The molecule has 20 heavy (non-hydrogen) atoms. The number of carbonyl (C=O) groups is 2. The van der Waals surface area contributed by atoms with Crippen molar-refractivity contribution in [3.63, 3.8) is 0 Å². The van der Waals surface area contributed by atoms with E-state index in [1.54, 1.807) is 6.92 Å². The van der Waals surface area contributed by atoms with Crippen LogP contribution >= 0.6 is 0 Å². The van der Waals surface area contributed by atoms with Crippen LogP contribution in [0.4, 0.5) is 10.1 Å². The first-order valence-electron chi connectivity index (χ1n) is 6.52. The molecule has 0 bridgehead atoms. The molecule has 0 aromatic heterocycles. The van der Waals surface area contributed by atoms with Crippen LogP contribution in [0.3, 0.4) is 0 Å². The molecule has 0 aliphatic carbocycles. The molecule has 1 saturated heterocycles. The number of rotatable bonds is 3. The Hall–Kier alpha value is -1.95. The number of hydrogen-bond donors (Lipinski definition) is 3. The van der Waals surface area contributed by atoms with E-state index in [9.17, 15) is 14.0 Å². The molecule has 2 rings (SSSR count). The summed E-state index contributed by atoms with van der Waals surface area (Å²) in [4.78, 5) is 23.4. The summed E-state index contributed by atoms with van der Waals surface area (Å²) in [6.45, 7) is 2.50. The second-order valence-electron chi connectivity index (χ2n) is 5.17. The Morgan fingerprint density at radius 1 is 1.40 bits per heavy atom. The summed E-state index contributed by atoms with van der Waals surface area (Å²) < 4.78 is 13.2. The molecule has 1 fully saturated rings.